The number of nitriles is 2. The molecule has 0 spiro atoms. The van der Waals surface area contributed by atoms with Crippen LogP contribution in [0.3, 0.4) is 0 Å². The lowest BCUT2D eigenvalue weighted by atomic mass is 9.95. The number of hydrogen-bond donors (Lipinski definition) is 0. The zero-order chi connectivity index (χ0) is 24.0. The lowest BCUT2D eigenvalue weighted by Crippen LogP contribution is -2.10. The van der Waals surface area contributed by atoms with Crippen LogP contribution in [-0.4, -0.2) is 0 Å². The second-order valence-electron chi connectivity index (χ2n) is 8.16. The van der Waals surface area contributed by atoms with Gasteiger partial charge in [-0.05, 0) is 89.0 Å². The molecule has 0 amide bonds. The summed E-state index contributed by atoms with van der Waals surface area (Å²) >= 11 is 0. The Bertz CT molecular complexity index is 1440. The molecule has 5 aromatic rings. The maximum Gasteiger partial charge on any atom is 0.0991 e. The van der Waals surface area contributed by atoms with Crippen LogP contribution in [0.2, 0.25) is 0 Å². The largest absolute Gasteiger partial charge is 0.310 e. The summed E-state index contributed by atoms with van der Waals surface area (Å²) in [6.07, 6.45) is 0. The van der Waals surface area contributed by atoms with Crippen LogP contribution in [0.4, 0.5) is 17.1 Å². The highest BCUT2D eigenvalue weighted by molar-refractivity contribution is 5.85. The van der Waals surface area contributed by atoms with Crippen molar-refractivity contribution >= 4 is 17.1 Å². The van der Waals surface area contributed by atoms with Gasteiger partial charge in [-0.15, -0.1) is 0 Å². The molecular formula is C32H21N3. The van der Waals surface area contributed by atoms with Gasteiger partial charge in [-0.25, -0.2) is 0 Å². The van der Waals surface area contributed by atoms with E-state index in [9.17, 15) is 10.5 Å². The fourth-order valence-corrected chi connectivity index (χ4v) is 4.21. The van der Waals surface area contributed by atoms with Crippen LogP contribution in [0.25, 0.3) is 22.3 Å². The SMILES string of the molecule is N#Cc1cccc(-c2cc(-c3cccc(C#N)c3)cc(N(c3ccccc3)c3ccccc3)c2)c1. The molecule has 0 saturated heterocycles. The summed E-state index contributed by atoms with van der Waals surface area (Å²) in [4.78, 5) is 2.22. The van der Waals surface area contributed by atoms with E-state index in [4.69, 9.17) is 0 Å². The van der Waals surface area contributed by atoms with Gasteiger partial charge in [0.1, 0.15) is 0 Å². The van der Waals surface area contributed by atoms with Crippen molar-refractivity contribution < 1.29 is 0 Å². The minimum Gasteiger partial charge on any atom is -0.310 e. The first-order chi connectivity index (χ1) is 17.2. The molecule has 5 rings (SSSR count). The molecule has 3 heteroatoms. The molecule has 0 aliphatic heterocycles. The number of para-hydroxylation sites is 2. The van der Waals surface area contributed by atoms with Crippen LogP contribution in [0, 0.1) is 22.7 Å². The molecule has 5 aromatic carbocycles. The van der Waals surface area contributed by atoms with E-state index in [2.05, 4.69) is 59.5 Å². The minimum atomic E-state index is 0.615. The Morgan fingerprint density at radius 2 is 0.857 bits per heavy atom. The number of nitrogens with zero attached hydrogens (tertiary/aromatic N) is 3. The van der Waals surface area contributed by atoms with Gasteiger partial charge in [-0.3, -0.25) is 0 Å². The smallest absolute Gasteiger partial charge is 0.0991 e. The van der Waals surface area contributed by atoms with Crippen molar-refractivity contribution in [2.24, 2.45) is 0 Å². The summed E-state index contributed by atoms with van der Waals surface area (Å²) in [6, 6.07) is 46.7. The Labute approximate surface area is 205 Å². The summed E-state index contributed by atoms with van der Waals surface area (Å²) < 4.78 is 0. The molecule has 0 aliphatic rings. The van der Waals surface area contributed by atoms with E-state index in [1.807, 2.05) is 84.9 Å². The van der Waals surface area contributed by atoms with E-state index in [0.29, 0.717) is 11.1 Å². The Hall–Kier alpha value is -5.12. The average Bonchev–Trinajstić information content (AvgIpc) is 2.94. The van der Waals surface area contributed by atoms with Crippen LogP contribution in [-0.2, 0) is 0 Å². The first-order valence-electron chi connectivity index (χ1n) is 11.3. The Morgan fingerprint density at radius 1 is 0.400 bits per heavy atom. The first kappa shape index (κ1) is 21.7. The van der Waals surface area contributed by atoms with Crippen molar-refractivity contribution in [3.8, 4) is 34.4 Å². The summed E-state index contributed by atoms with van der Waals surface area (Å²) in [5, 5.41) is 18.9. The van der Waals surface area contributed by atoms with Gasteiger partial charge >= 0.3 is 0 Å². The molecule has 0 atom stereocenters. The summed E-state index contributed by atoms with van der Waals surface area (Å²) in [5.41, 5.74) is 8.21. The number of hydrogen-bond acceptors (Lipinski definition) is 3. The van der Waals surface area contributed by atoms with Gasteiger partial charge in [-0.1, -0.05) is 60.7 Å². The van der Waals surface area contributed by atoms with E-state index in [-0.39, 0.29) is 0 Å². The molecule has 0 aromatic heterocycles. The molecule has 0 radical (unpaired) electrons. The summed E-state index contributed by atoms with van der Waals surface area (Å²) in [7, 11) is 0. The number of benzene rings is 5. The van der Waals surface area contributed by atoms with Crippen LogP contribution in [0.1, 0.15) is 11.1 Å². The lowest BCUT2D eigenvalue weighted by molar-refractivity contribution is 1.28. The standard InChI is InChI=1S/C32H21N3/c33-22-24-9-7-11-26(17-24)28-19-29(27-12-8-10-25(18-27)23-34)21-32(20-28)35(30-13-3-1-4-14-30)31-15-5-2-6-16-31/h1-21H. The highest BCUT2D eigenvalue weighted by Crippen LogP contribution is 2.39. The van der Waals surface area contributed by atoms with Gasteiger partial charge in [0.2, 0.25) is 0 Å². The molecule has 35 heavy (non-hydrogen) atoms. The van der Waals surface area contributed by atoms with Crippen molar-refractivity contribution in [3.05, 3.63) is 139 Å². The van der Waals surface area contributed by atoms with Gasteiger partial charge in [-0.2, -0.15) is 10.5 Å². The molecule has 0 N–H and O–H groups in total. The molecule has 0 aliphatic carbocycles. The van der Waals surface area contributed by atoms with Crippen molar-refractivity contribution in [1.82, 2.24) is 0 Å². The van der Waals surface area contributed by atoms with E-state index in [1.165, 1.54) is 0 Å². The van der Waals surface area contributed by atoms with E-state index in [0.717, 1.165) is 39.3 Å². The van der Waals surface area contributed by atoms with Gasteiger partial charge < -0.3 is 4.90 Å². The fourth-order valence-electron chi connectivity index (χ4n) is 4.21. The highest BCUT2D eigenvalue weighted by atomic mass is 15.1. The first-order valence-corrected chi connectivity index (χ1v) is 11.3. The van der Waals surface area contributed by atoms with Crippen molar-refractivity contribution in [3.63, 3.8) is 0 Å². The molecule has 3 nitrogen and oxygen atoms in total. The van der Waals surface area contributed by atoms with Crippen LogP contribution < -0.4 is 4.90 Å². The topological polar surface area (TPSA) is 50.8 Å². The van der Waals surface area contributed by atoms with Crippen molar-refractivity contribution in [2.75, 3.05) is 4.90 Å². The third-order valence-corrected chi connectivity index (χ3v) is 5.85. The molecule has 0 fully saturated rings. The van der Waals surface area contributed by atoms with Gasteiger partial charge in [0.05, 0.1) is 23.3 Å². The van der Waals surface area contributed by atoms with E-state index >= 15 is 0 Å². The minimum absolute atomic E-state index is 0.615. The van der Waals surface area contributed by atoms with Gasteiger partial charge in [0.25, 0.3) is 0 Å². The van der Waals surface area contributed by atoms with E-state index < -0.39 is 0 Å². The van der Waals surface area contributed by atoms with Crippen LogP contribution >= 0.6 is 0 Å². The zero-order valence-electron chi connectivity index (χ0n) is 19.0. The Balaban J connectivity index is 1.77. The Morgan fingerprint density at radius 3 is 1.29 bits per heavy atom. The normalized spacial score (nSPS) is 10.2. The second kappa shape index (κ2) is 9.79. The third kappa shape index (κ3) is 4.67. The van der Waals surface area contributed by atoms with Gasteiger partial charge in [0, 0.05) is 17.1 Å². The molecule has 164 valence electrons. The maximum absolute atomic E-state index is 9.45. The fraction of sp³-hybridized carbons (Fsp3) is 0. The molecule has 0 heterocycles. The summed E-state index contributed by atoms with van der Waals surface area (Å²) in [6.45, 7) is 0. The lowest BCUT2D eigenvalue weighted by Gasteiger charge is -2.26. The predicted octanol–water partition coefficient (Wildman–Crippen LogP) is 8.23. The number of rotatable bonds is 5. The monoisotopic (exact) mass is 447 g/mol. The second-order valence-corrected chi connectivity index (χ2v) is 8.16. The molecular weight excluding hydrogens is 426 g/mol. The molecule has 0 bridgehead atoms. The van der Waals surface area contributed by atoms with E-state index in [1.54, 1.807) is 0 Å². The van der Waals surface area contributed by atoms with Crippen LogP contribution in [0.5, 0.6) is 0 Å². The van der Waals surface area contributed by atoms with Crippen molar-refractivity contribution in [1.29, 1.82) is 10.5 Å². The number of anilines is 3. The zero-order valence-corrected chi connectivity index (χ0v) is 19.0. The Kier molecular flexibility index (Phi) is 6.07. The predicted molar refractivity (Wildman–Crippen MR) is 141 cm³/mol. The third-order valence-electron chi connectivity index (χ3n) is 5.85. The van der Waals surface area contributed by atoms with Crippen LogP contribution in [0.15, 0.2) is 127 Å². The molecule has 0 saturated carbocycles. The highest BCUT2D eigenvalue weighted by Gasteiger charge is 2.15. The van der Waals surface area contributed by atoms with Crippen molar-refractivity contribution in [2.45, 2.75) is 0 Å². The molecule has 0 unspecified atom stereocenters. The maximum atomic E-state index is 9.45. The summed E-state index contributed by atoms with van der Waals surface area (Å²) in [5.74, 6) is 0. The van der Waals surface area contributed by atoms with Gasteiger partial charge in [0.15, 0.2) is 0 Å². The quantitative estimate of drug-likeness (QED) is 0.273. The average molecular weight is 448 g/mol.